The van der Waals surface area contributed by atoms with E-state index in [1.165, 1.54) is 96.3 Å². The average Bonchev–Trinajstić information content (AvgIpc) is 3.00. The summed E-state index contributed by atoms with van der Waals surface area (Å²) in [5.41, 5.74) is 0. The van der Waals surface area contributed by atoms with Crippen LogP contribution in [0.5, 0.6) is 0 Å². The molecule has 0 aliphatic heterocycles. The van der Waals surface area contributed by atoms with E-state index in [1.807, 2.05) is 0 Å². The molecule has 44 heavy (non-hydrogen) atoms. The van der Waals surface area contributed by atoms with Crippen LogP contribution in [0.15, 0.2) is 60.8 Å². The monoisotopic (exact) mass is 612 g/mol. The molecule has 0 radical (unpaired) electrons. The maximum absolute atomic E-state index is 12.6. The molecule has 0 bridgehead atoms. The van der Waals surface area contributed by atoms with E-state index in [-0.39, 0.29) is 6.10 Å². The number of carbonyl (C=O) groups is 1. The molecule has 3 nitrogen and oxygen atoms in total. The van der Waals surface area contributed by atoms with Crippen molar-refractivity contribution in [1.82, 2.24) is 4.90 Å². The summed E-state index contributed by atoms with van der Waals surface area (Å²) in [4.78, 5) is 14.8. The molecule has 0 aliphatic rings. The Labute approximate surface area is 275 Å². The summed E-state index contributed by atoms with van der Waals surface area (Å²) in [7, 11) is 4.14. The van der Waals surface area contributed by atoms with Gasteiger partial charge in [0.15, 0.2) is 0 Å². The van der Waals surface area contributed by atoms with Gasteiger partial charge < -0.3 is 9.64 Å². The zero-order chi connectivity index (χ0) is 32.2. The van der Waals surface area contributed by atoms with Gasteiger partial charge in [0.05, 0.1) is 6.10 Å². The summed E-state index contributed by atoms with van der Waals surface area (Å²) >= 11 is 0. The lowest BCUT2D eigenvalue weighted by atomic mass is 10.0. The van der Waals surface area contributed by atoms with Gasteiger partial charge in [-0.05, 0) is 91.1 Å². The van der Waals surface area contributed by atoms with Crippen LogP contribution in [0, 0.1) is 0 Å². The van der Waals surface area contributed by atoms with E-state index in [9.17, 15) is 4.79 Å². The molecular weight excluding hydrogens is 538 g/mol. The van der Waals surface area contributed by atoms with E-state index in [1.54, 1.807) is 0 Å². The van der Waals surface area contributed by atoms with Gasteiger partial charge in [-0.25, -0.2) is 0 Å². The summed E-state index contributed by atoms with van der Waals surface area (Å²) in [5, 5.41) is 0. The highest BCUT2D eigenvalue weighted by molar-refractivity contribution is 5.78. The lowest BCUT2D eigenvalue weighted by molar-refractivity contribution is -0.122. The Morgan fingerprint density at radius 3 is 1.55 bits per heavy atom. The maximum Gasteiger partial charge on any atom is 0.135 e. The number of ketones is 1. The van der Waals surface area contributed by atoms with Crippen LogP contribution in [0.1, 0.15) is 162 Å². The minimum Gasteiger partial charge on any atom is -0.376 e. The van der Waals surface area contributed by atoms with Crippen LogP contribution in [0.25, 0.3) is 0 Å². The minimum atomic E-state index is 0.0323. The molecule has 3 heteroatoms. The summed E-state index contributed by atoms with van der Waals surface area (Å²) in [6.45, 7) is 6.03. The predicted molar refractivity (Wildman–Crippen MR) is 197 cm³/mol. The summed E-state index contributed by atoms with van der Waals surface area (Å²) in [6, 6.07) is 0. The fraction of sp³-hybridized carbons (Fsp3) is 0.732. The van der Waals surface area contributed by atoms with Gasteiger partial charge in [0.25, 0.3) is 0 Å². The van der Waals surface area contributed by atoms with Crippen molar-refractivity contribution in [2.24, 2.45) is 0 Å². The van der Waals surface area contributed by atoms with Gasteiger partial charge in [-0.3, -0.25) is 4.79 Å². The van der Waals surface area contributed by atoms with Gasteiger partial charge in [0.1, 0.15) is 5.78 Å². The molecule has 0 spiro atoms. The standard InChI is InChI=1S/C41H73NO2/c1-5-7-9-11-13-15-17-19-21-23-25-27-29-31-33-35-37-44-41(39-42(3)4)38-40(43)36-34-32-30-28-26-24-22-20-18-16-14-12-10-8-6-2/h7,9,13-16,19-22,41H,5-6,8,10-12,17-18,23-39H2,1-4H3/b9-7-,15-13-,16-14-,21-19-,22-20-. The largest absolute Gasteiger partial charge is 0.376 e. The second kappa shape index (κ2) is 35.8. The van der Waals surface area contributed by atoms with Crippen molar-refractivity contribution in [2.75, 3.05) is 27.2 Å². The summed E-state index contributed by atoms with van der Waals surface area (Å²) < 4.78 is 6.18. The zero-order valence-electron chi connectivity index (χ0n) is 29.8. The number of nitrogens with zero attached hydrogens (tertiary/aromatic N) is 1. The van der Waals surface area contributed by atoms with Gasteiger partial charge in [0, 0.05) is 26.0 Å². The van der Waals surface area contributed by atoms with Crippen molar-refractivity contribution in [1.29, 1.82) is 0 Å². The minimum absolute atomic E-state index is 0.0323. The summed E-state index contributed by atoms with van der Waals surface area (Å²) in [5.74, 6) is 0.372. The number of ether oxygens (including phenoxy) is 1. The third-order valence-corrected chi connectivity index (χ3v) is 7.83. The molecule has 0 aliphatic carbocycles. The number of rotatable bonds is 33. The number of hydrogen-bond donors (Lipinski definition) is 0. The number of unbranched alkanes of at least 4 members (excludes halogenated alkanes) is 14. The topological polar surface area (TPSA) is 29.5 Å². The van der Waals surface area contributed by atoms with Crippen LogP contribution in [-0.4, -0.2) is 44.0 Å². The van der Waals surface area contributed by atoms with Crippen molar-refractivity contribution in [3.8, 4) is 0 Å². The molecule has 1 atom stereocenters. The lowest BCUT2D eigenvalue weighted by Crippen LogP contribution is -2.30. The molecule has 0 saturated carbocycles. The zero-order valence-corrected chi connectivity index (χ0v) is 29.8. The normalized spacial score (nSPS) is 13.3. The van der Waals surface area contributed by atoms with Crippen molar-refractivity contribution in [3.63, 3.8) is 0 Å². The fourth-order valence-corrected chi connectivity index (χ4v) is 5.22. The van der Waals surface area contributed by atoms with Gasteiger partial charge in [-0.2, -0.15) is 0 Å². The van der Waals surface area contributed by atoms with E-state index in [0.717, 1.165) is 51.7 Å². The van der Waals surface area contributed by atoms with Crippen LogP contribution >= 0.6 is 0 Å². The Morgan fingerprint density at radius 1 is 0.568 bits per heavy atom. The van der Waals surface area contributed by atoms with Gasteiger partial charge in [-0.15, -0.1) is 0 Å². The van der Waals surface area contributed by atoms with Crippen LogP contribution in [0.3, 0.4) is 0 Å². The highest BCUT2D eigenvalue weighted by Crippen LogP contribution is 2.13. The third-order valence-electron chi connectivity index (χ3n) is 7.83. The first-order chi connectivity index (χ1) is 21.6. The number of allylic oxidation sites excluding steroid dienone is 10. The SMILES string of the molecule is CC/C=C\C/C=C\C/C=C\CCCCCCCCOC(CC(=O)CCCCCCC/C=C\C/C=C\CCCCC)CN(C)C. The highest BCUT2D eigenvalue weighted by Gasteiger charge is 2.15. The lowest BCUT2D eigenvalue weighted by Gasteiger charge is -2.21. The van der Waals surface area contributed by atoms with Crippen LogP contribution < -0.4 is 0 Å². The molecular formula is C41H73NO2. The smallest absolute Gasteiger partial charge is 0.135 e. The molecule has 254 valence electrons. The Morgan fingerprint density at radius 2 is 1.02 bits per heavy atom. The van der Waals surface area contributed by atoms with Gasteiger partial charge in [-0.1, -0.05) is 132 Å². The van der Waals surface area contributed by atoms with E-state index < -0.39 is 0 Å². The Hall–Kier alpha value is -1.71. The molecule has 0 saturated heterocycles. The van der Waals surface area contributed by atoms with E-state index in [2.05, 4.69) is 93.6 Å². The Bertz CT molecular complexity index is 746. The fourth-order valence-electron chi connectivity index (χ4n) is 5.22. The molecule has 0 amide bonds. The second-order valence-corrected chi connectivity index (χ2v) is 12.7. The number of hydrogen-bond acceptors (Lipinski definition) is 3. The van der Waals surface area contributed by atoms with Crippen molar-refractivity contribution in [2.45, 2.75) is 168 Å². The highest BCUT2D eigenvalue weighted by atomic mass is 16.5. The first-order valence-corrected chi connectivity index (χ1v) is 18.6. The van der Waals surface area contributed by atoms with Gasteiger partial charge in [0.2, 0.25) is 0 Å². The molecule has 0 fully saturated rings. The number of carbonyl (C=O) groups excluding carboxylic acids is 1. The average molecular weight is 612 g/mol. The van der Waals surface area contributed by atoms with E-state index >= 15 is 0 Å². The second-order valence-electron chi connectivity index (χ2n) is 12.7. The van der Waals surface area contributed by atoms with Gasteiger partial charge >= 0.3 is 0 Å². The van der Waals surface area contributed by atoms with Crippen molar-refractivity contribution >= 4 is 5.78 Å². The molecule has 1 unspecified atom stereocenters. The quantitative estimate of drug-likeness (QED) is 0.0546. The van der Waals surface area contributed by atoms with Crippen LogP contribution in [0.4, 0.5) is 0 Å². The maximum atomic E-state index is 12.6. The van der Waals surface area contributed by atoms with Crippen molar-refractivity contribution < 1.29 is 9.53 Å². The number of Topliss-reactive ketones (excluding diaryl/α,β-unsaturated/α-hetero) is 1. The Balaban J connectivity index is 3.74. The molecule has 0 aromatic rings. The molecule has 0 heterocycles. The Kier molecular flexibility index (Phi) is 34.4. The first kappa shape index (κ1) is 42.3. The van der Waals surface area contributed by atoms with E-state index in [4.69, 9.17) is 4.74 Å². The summed E-state index contributed by atoms with van der Waals surface area (Å²) in [6.07, 6.45) is 49.5. The van der Waals surface area contributed by atoms with Crippen LogP contribution in [-0.2, 0) is 9.53 Å². The first-order valence-electron chi connectivity index (χ1n) is 18.6. The molecule has 0 aromatic carbocycles. The predicted octanol–water partition coefficient (Wildman–Crippen LogP) is 12.3. The van der Waals surface area contributed by atoms with Crippen LogP contribution in [0.2, 0.25) is 0 Å². The molecule has 0 N–H and O–H groups in total. The molecule has 0 rings (SSSR count). The third kappa shape index (κ3) is 34.8. The van der Waals surface area contributed by atoms with Crippen molar-refractivity contribution in [3.05, 3.63) is 60.8 Å². The van der Waals surface area contributed by atoms with E-state index in [0.29, 0.717) is 18.6 Å². The molecule has 0 aromatic heterocycles. The number of likely N-dealkylation sites (N-methyl/N-ethyl adjacent to an activating group) is 1.